The number of ketones is 1. The van der Waals surface area contributed by atoms with Crippen LogP contribution in [0.2, 0.25) is 0 Å². The minimum absolute atomic E-state index is 0.115. The number of hydrogen-bond donors (Lipinski definition) is 1. The van der Waals surface area contributed by atoms with Crippen LogP contribution in [0.4, 0.5) is 10.1 Å². The third-order valence-electron chi connectivity index (χ3n) is 2.49. The number of aryl methyl sites for hydroxylation is 1. The fourth-order valence-corrected chi connectivity index (χ4v) is 2.31. The predicted molar refractivity (Wildman–Crippen MR) is 67.8 cm³/mol. The fraction of sp³-hybridized carbons (Fsp3) is 0.154. The molecule has 0 amide bonds. The summed E-state index contributed by atoms with van der Waals surface area (Å²) in [5, 5.41) is 1.97. The van der Waals surface area contributed by atoms with Gasteiger partial charge in [0.2, 0.25) is 0 Å². The molecule has 1 heterocycles. The van der Waals surface area contributed by atoms with E-state index >= 15 is 0 Å². The minimum Gasteiger partial charge on any atom is -0.398 e. The number of carbonyl (C=O) groups excluding carboxylic acids is 1. The van der Waals surface area contributed by atoms with Crippen LogP contribution in [0.15, 0.2) is 35.7 Å². The topological polar surface area (TPSA) is 43.1 Å². The van der Waals surface area contributed by atoms with E-state index in [1.165, 1.54) is 18.2 Å². The molecule has 0 aliphatic rings. The molecule has 17 heavy (non-hydrogen) atoms. The highest BCUT2D eigenvalue weighted by atomic mass is 32.1. The first-order chi connectivity index (χ1) is 8.16. The lowest BCUT2D eigenvalue weighted by Gasteiger charge is -2.04. The van der Waals surface area contributed by atoms with Crippen molar-refractivity contribution in [3.8, 4) is 0 Å². The molecule has 1 aromatic carbocycles. The summed E-state index contributed by atoms with van der Waals surface area (Å²) in [6.07, 6.45) is 1.03. The average Bonchev–Trinajstić information content (AvgIpc) is 2.82. The number of anilines is 1. The van der Waals surface area contributed by atoms with E-state index in [0.717, 1.165) is 4.88 Å². The number of nitrogens with two attached hydrogens (primary N) is 1. The highest BCUT2D eigenvalue weighted by Crippen LogP contribution is 2.18. The van der Waals surface area contributed by atoms with Crippen molar-refractivity contribution in [3.05, 3.63) is 52.0 Å². The van der Waals surface area contributed by atoms with E-state index in [1.807, 2.05) is 17.5 Å². The lowest BCUT2D eigenvalue weighted by atomic mass is 10.0. The van der Waals surface area contributed by atoms with Gasteiger partial charge in [-0.15, -0.1) is 11.3 Å². The van der Waals surface area contributed by atoms with Crippen LogP contribution in [0.25, 0.3) is 0 Å². The Morgan fingerprint density at radius 1 is 1.35 bits per heavy atom. The van der Waals surface area contributed by atoms with Crippen LogP contribution in [0.1, 0.15) is 21.7 Å². The number of hydrogen-bond acceptors (Lipinski definition) is 3. The van der Waals surface area contributed by atoms with Crippen LogP contribution in [-0.2, 0) is 6.42 Å². The van der Waals surface area contributed by atoms with Crippen molar-refractivity contribution < 1.29 is 9.18 Å². The molecular formula is C13H12FNOS. The van der Waals surface area contributed by atoms with Crippen LogP contribution in [0.5, 0.6) is 0 Å². The van der Waals surface area contributed by atoms with Crippen molar-refractivity contribution in [1.29, 1.82) is 0 Å². The summed E-state index contributed by atoms with van der Waals surface area (Å²) in [7, 11) is 0. The number of rotatable bonds is 4. The van der Waals surface area contributed by atoms with E-state index in [2.05, 4.69) is 0 Å². The van der Waals surface area contributed by atoms with Crippen molar-refractivity contribution >= 4 is 22.8 Å². The molecule has 0 aliphatic heterocycles. The van der Waals surface area contributed by atoms with Gasteiger partial charge < -0.3 is 5.73 Å². The Kier molecular flexibility index (Phi) is 3.54. The average molecular weight is 249 g/mol. The van der Waals surface area contributed by atoms with E-state index in [-0.39, 0.29) is 11.3 Å². The Bertz CT molecular complexity index is 522. The summed E-state index contributed by atoms with van der Waals surface area (Å²) in [6.45, 7) is 0. The second kappa shape index (κ2) is 5.10. The molecule has 1 aromatic heterocycles. The molecule has 0 saturated carbocycles. The number of thiophene rings is 1. The molecule has 2 N–H and O–H groups in total. The maximum Gasteiger partial charge on any atom is 0.165 e. The zero-order chi connectivity index (χ0) is 12.3. The first-order valence-electron chi connectivity index (χ1n) is 5.27. The second-order valence-electron chi connectivity index (χ2n) is 3.73. The zero-order valence-corrected chi connectivity index (χ0v) is 9.97. The van der Waals surface area contributed by atoms with E-state index in [9.17, 15) is 9.18 Å². The molecule has 88 valence electrons. The third kappa shape index (κ3) is 2.91. The Morgan fingerprint density at radius 2 is 2.18 bits per heavy atom. The molecule has 2 rings (SSSR count). The summed E-state index contributed by atoms with van der Waals surface area (Å²) in [6, 6.07) is 7.80. The maximum absolute atomic E-state index is 13.0. The molecule has 0 saturated heterocycles. The van der Waals surface area contributed by atoms with Crippen molar-refractivity contribution in [1.82, 2.24) is 0 Å². The number of carbonyl (C=O) groups is 1. The largest absolute Gasteiger partial charge is 0.398 e. The van der Waals surface area contributed by atoms with Gasteiger partial charge in [0, 0.05) is 22.5 Å². The molecule has 0 aliphatic carbocycles. The fourth-order valence-electron chi connectivity index (χ4n) is 1.60. The molecule has 4 heteroatoms. The van der Waals surface area contributed by atoms with Gasteiger partial charge in [-0.3, -0.25) is 4.79 Å². The van der Waals surface area contributed by atoms with Gasteiger partial charge in [-0.2, -0.15) is 0 Å². The van der Waals surface area contributed by atoms with Crippen molar-refractivity contribution in [2.24, 2.45) is 0 Å². The summed E-state index contributed by atoms with van der Waals surface area (Å²) in [4.78, 5) is 13.0. The molecule has 2 aromatic rings. The Balaban J connectivity index is 2.07. The molecular weight excluding hydrogens is 237 g/mol. The summed E-state index contributed by atoms with van der Waals surface area (Å²) >= 11 is 1.61. The maximum atomic E-state index is 13.0. The molecule has 0 unspecified atom stereocenters. The van der Waals surface area contributed by atoms with E-state index in [1.54, 1.807) is 11.3 Å². The second-order valence-corrected chi connectivity index (χ2v) is 4.77. The van der Waals surface area contributed by atoms with E-state index in [0.29, 0.717) is 18.5 Å². The smallest absolute Gasteiger partial charge is 0.165 e. The lowest BCUT2D eigenvalue weighted by molar-refractivity contribution is 0.0983. The van der Waals surface area contributed by atoms with Gasteiger partial charge >= 0.3 is 0 Å². The van der Waals surface area contributed by atoms with Crippen LogP contribution in [-0.4, -0.2) is 5.78 Å². The highest BCUT2D eigenvalue weighted by Gasteiger charge is 2.11. The van der Waals surface area contributed by atoms with Crippen molar-refractivity contribution in [3.63, 3.8) is 0 Å². The minimum atomic E-state index is -0.432. The van der Waals surface area contributed by atoms with E-state index < -0.39 is 5.82 Å². The molecule has 0 bridgehead atoms. The van der Waals surface area contributed by atoms with Crippen LogP contribution < -0.4 is 5.73 Å². The molecule has 0 atom stereocenters. The van der Waals surface area contributed by atoms with Crippen LogP contribution in [0, 0.1) is 5.82 Å². The molecule has 2 nitrogen and oxygen atoms in total. The van der Waals surface area contributed by atoms with Crippen LogP contribution in [0.3, 0.4) is 0 Å². The summed E-state index contributed by atoms with van der Waals surface area (Å²) in [5.41, 5.74) is 6.27. The normalized spacial score (nSPS) is 10.4. The number of nitrogen functional groups attached to an aromatic ring is 1. The van der Waals surface area contributed by atoms with Gasteiger partial charge in [-0.25, -0.2) is 4.39 Å². The SMILES string of the molecule is Nc1ccc(F)cc1C(=O)CCc1cccs1. The van der Waals surface area contributed by atoms with Gasteiger partial charge in [0.15, 0.2) is 5.78 Å². The lowest BCUT2D eigenvalue weighted by Crippen LogP contribution is -2.05. The molecule has 0 spiro atoms. The summed E-state index contributed by atoms with van der Waals surface area (Å²) in [5.74, 6) is -0.547. The Morgan fingerprint density at radius 3 is 2.88 bits per heavy atom. The Labute approximate surface area is 103 Å². The van der Waals surface area contributed by atoms with Crippen molar-refractivity contribution in [2.45, 2.75) is 12.8 Å². The van der Waals surface area contributed by atoms with Gasteiger partial charge in [0.1, 0.15) is 5.82 Å². The summed E-state index contributed by atoms with van der Waals surface area (Å²) < 4.78 is 13.0. The quantitative estimate of drug-likeness (QED) is 0.667. The Hall–Kier alpha value is -1.68. The molecule has 0 fully saturated rings. The predicted octanol–water partition coefficient (Wildman–Crippen LogP) is 3.28. The first-order valence-corrected chi connectivity index (χ1v) is 6.15. The number of benzene rings is 1. The van der Waals surface area contributed by atoms with Crippen molar-refractivity contribution in [2.75, 3.05) is 5.73 Å². The molecule has 0 radical (unpaired) electrons. The van der Waals surface area contributed by atoms with Gasteiger partial charge in [-0.05, 0) is 36.1 Å². The highest BCUT2D eigenvalue weighted by molar-refractivity contribution is 7.09. The van der Waals surface area contributed by atoms with E-state index in [4.69, 9.17) is 5.73 Å². The van der Waals surface area contributed by atoms with Crippen LogP contribution >= 0.6 is 11.3 Å². The first kappa shape index (κ1) is 11.8. The van der Waals surface area contributed by atoms with Gasteiger partial charge in [-0.1, -0.05) is 6.07 Å². The third-order valence-corrected chi connectivity index (χ3v) is 3.43. The monoisotopic (exact) mass is 249 g/mol. The standard InChI is InChI=1S/C13H12FNOS/c14-9-3-5-12(15)11(8-9)13(16)6-4-10-2-1-7-17-10/h1-3,5,7-8H,4,6,15H2. The zero-order valence-electron chi connectivity index (χ0n) is 9.15. The van der Waals surface area contributed by atoms with Gasteiger partial charge in [0.05, 0.1) is 0 Å². The number of Topliss-reactive ketones (excluding diaryl/α,β-unsaturated/α-hetero) is 1. The van der Waals surface area contributed by atoms with Gasteiger partial charge in [0.25, 0.3) is 0 Å². The number of halogens is 1.